The fraction of sp³-hybridized carbons (Fsp3) is 0.548. The second-order valence-corrected chi connectivity index (χ2v) is 9.00. The van der Waals surface area contributed by atoms with Gasteiger partial charge >= 0.3 is 0 Å². The van der Waals surface area contributed by atoms with E-state index < -0.39 is 0 Å². The molecule has 0 atom stereocenters. The SMILES string of the molecule is CCCCCC(=N\c1ccc(CC)c(CC)c1)/C(CCCC)=N/c1ccc(CC)c(CC)c1.[Ni]. The third kappa shape index (κ3) is 9.14. The van der Waals surface area contributed by atoms with E-state index in [4.69, 9.17) is 9.98 Å². The van der Waals surface area contributed by atoms with Gasteiger partial charge in [-0.15, -0.1) is 0 Å². The molecule has 0 unspecified atom stereocenters. The molecule has 0 spiro atoms. The number of rotatable bonds is 14. The van der Waals surface area contributed by atoms with Gasteiger partial charge in [0, 0.05) is 16.5 Å². The predicted octanol–water partition coefficient (Wildman–Crippen LogP) is 9.55. The molecule has 190 valence electrons. The Morgan fingerprint density at radius 3 is 1.32 bits per heavy atom. The van der Waals surface area contributed by atoms with Crippen molar-refractivity contribution in [3.8, 4) is 0 Å². The van der Waals surface area contributed by atoms with Crippen LogP contribution in [0.4, 0.5) is 11.4 Å². The molecule has 0 aliphatic carbocycles. The Bertz CT molecular complexity index is 927. The van der Waals surface area contributed by atoms with E-state index in [9.17, 15) is 0 Å². The van der Waals surface area contributed by atoms with Crippen LogP contribution in [0.3, 0.4) is 0 Å². The average molecular weight is 505 g/mol. The second kappa shape index (κ2) is 16.8. The minimum absolute atomic E-state index is 0. The molecule has 0 bridgehead atoms. The molecule has 0 aliphatic heterocycles. The molecule has 2 nitrogen and oxygen atoms in total. The fourth-order valence-corrected chi connectivity index (χ4v) is 4.44. The van der Waals surface area contributed by atoms with Crippen LogP contribution in [-0.4, -0.2) is 11.4 Å². The van der Waals surface area contributed by atoms with Crippen molar-refractivity contribution in [2.45, 2.75) is 112 Å². The van der Waals surface area contributed by atoms with E-state index in [2.05, 4.69) is 77.9 Å². The maximum atomic E-state index is 5.23. The number of aryl methyl sites for hydroxylation is 4. The van der Waals surface area contributed by atoms with Gasteiger partial charge in [0.2, 0.25) is 0 Å². The average Bonchev–Trinajstić information content (AvgIpc) is 2.85. The second-order valence-electron chi connectivity index (χ2n) is 9.00. The van der Waals surface area contributed by atoms with Crippen LogP contribution >= 0.6 is 0 Å². The van der Waals surface area contributed by atoms with E-state index >= 15 is 0 Å². The summed E-state index contributed by atoms with van der Waals surface area (Å²) in [6.45, 7) is 13.5. The Balaban J connectivity index is 0.00000578. The molecular weight excluding hydrogens is 459 g/mol. The van der Waals surface area contributed by atoms with E-state index in [1.165, 1.54) is 59.4 Å². The first-order valence-corrected chi connectivity index (χ1v) is 13.5. The first-order valence-electron chi connectivity index (χ1n) is 13.5. The molecule has 0 heterocycles. The van der Waals surface area contributed by atoms with Gasteiger partial charge in [-0.25, -0.2) is 0 Å². The summed E-state index contributed by atoms with van der Waals surface area (Å²) in [6, 6.07) is 13.5. The largest absolute Gasteiger partial charge is 0.252 e. The van der Waals surface area contributed by atoms with Crippen molar-refractivity contribution < 1.29 is 16.5 Å². The molecule has 2 aromatic rings. The van der Waals surface area contributed by atoms with Crippen LogP contribution in [-0.2, 0) is 42.2 Å². The smallest absolute Gasteiger partial charge is 0.0636 e. The van der Waals surface area contributed by atoms with Crippen molar-refractivity contribution in [3.05, 3.63) is 58.7 Å². The summed E-state index contributed by atoms with van der Waals surface area (Å²) in [5, 5.41) is 0. The molecule has 2 rings (SSSR count). The summed E-state index contributed by atoms with van der Waals surface area (Å²) in [6.07, 6.45) is 12.2. The van der Waals surface area contributed by atoms with Crippen LogP contribution in [0.1, 0.15) is 109 Å². The Morgan fingerprint density at radius 1 is 0.529 bits per heavy atom. The number of unbranched alkanes of at least 4 members (excludes halogenated alkanes) is 3. The van der Waals surface area contributed by atoms with Crippen LogP contribution in [0.25, 0.3) is 0 Å². The summed E-state index contributed by atoms with van der Waals surface area (Å²) >= 11 is 0. The normalized spacial score (nSPS) is 12.1. The third-order valence-electron chi connectivity index (χ3n) is 6.55. The Hall–Kier alpha value is -1.73. The molecule has 0 saturated heterocycles. The summed E-state index contributed by atoms with van der Waals surface area (Å²) in [4.78, 5) is 10.4. The van der Waals surface area contributed by atoms with Gasteiger partial charge in [0.25, 0.3) is 0 Å². The van der Waals surface area contributed by atoms with Crippen LogP contribution < -0.4 is 0 Å². The van der Waals surface area contributed by atoms with Crippen LogP contribution in [0.2, 0.25) is 0 Å². The monoisotopic (exact) mass is 504 g/mol. The molecule has 0 amide bonds. The Kier molecular flexibility index (Phi) is 15.0. The zero-order valence-electron chi connectivity index (χ0n) is 22.5. The fourth-order valence-electron chi connectivity index (χ4n) is 4.44. The third-order valence-corrected chi connectivity index (χ3v) is 6.55. The minimum Gasteiger partial charge on any atom is -0.252 e. The van der Waals surface area contributed by atoms with E-state index in [0.29, 0.717) is 0 Å². The number of nitrogens with zero attached hydrogens (tertiary/aromatic N) is 2. The topological polar surface area (TPSA) is 24.7 Å². The van der Waals surface area contributed by atoms with Gasteiger partial charge in [-0.3, -0.25) is 9.98 Å². The van der Waals surface area contributed by atoms with Gasteiger partial charge in [-0.05, 0) is 97.9 Å². The molecule has 34 heavy (non-hydrogen) atoms. The molecule has 3 heteroatoms. The number of aliphatic imine (C=N–C) groups is 2. The Labute approximate surface area is 219 Å². The van der Waals surface area contributed by atoms with Crippen LogP contribution in [0.15, 0.2) is 46.4 Å². The molecule has 0 aliphatic rings. The van der Waals surface area contributed by atoms with E-state index in [1.807, 2.05) is 0 Å². The summed E-state index contributed by atoms with van der Waals surface area (Å²) in [5.74, 6) is 0. The van der Waals surface area contributed by atoms with Crippen molar-refractivity contribution in [1.29, 1.82) is 0 Å². The molecule has 0 aromatic heterocycles. The van der Waals surface area contributed by atoms with Crippen LogP contribution in [0, 0.1) is 0 Å². The first-order chi connectivity index (χ1) is 16.1. The predicted molar refractivity (Wildman–Crippen MR) is 148 cm³/mol. The Morgan fingerprint density at radius 2 is 0.941 bits per heavy atom. The summed E-state index contributed by atoms with van der Waals surface area (Å²) in [5.41, 5.74) is 10.2. The maximum Gasteiger partial charge on any atom is 0.0636 e. The summed E-state index contributed by atoms with van der Waals surface area (Å²) < 4.78 is 0. The van der Waals surface area contributed by atoms with Gasteiger partial charge in [0.1, 0.15) is 0 Å². The number of hydrogen-bond donors (Lipinski definition) is 0. The molecule has 0 radical (unpaired) electrons. The quantitative estimate of drug-likeness (QED) is 0.139. The zero-order chi connectivity index (χ0) is 24.1. The van der Waals surface area contributed by atoms with Gasteiger partial charge in [0.15, 0.2) is 0 Å². The van der Waals surface area contributed by atoms with Gasteiger partial charge in [-0.2, -0.15) is 0 Å². The standard InChI is InChI=1S/C31H46N2.Ni/c1-7-13-15-17-31(33-29-21-19-25(10-4)27(12-6)23-29)30(16-14-8-2)32-28-20-18-24(9-3)26(11-5)22-28;/h18-23H,7-17H2,1-6H3;/b32-30+,33-31+;. The summed E-state index contributed by atoms with van der Waals surface area (Å²) in [7, 11) is 0. The zero-order valence-corrected chi connectivity index (χ0v) is 23.4. The number of hydrogen-bond acceptors (Lipinski definition) is 2. The van der Waals surface area contributed by atoms with Crippen molar-refractivity contribution in [2.24, 2.45) is 9.98 Å². The van der Waals surface area contributed by atoms with E-state index in [-0.39, 0.29) is 16.5 Å². The molecule has 0 N–H and O–H groups in total. The van der Waals surface area contributed by atoms with Crippen molar-refractivity contribution in [3.63, 3.8) is 0 Å². The minimum atomic E-state index is 0. The van der Waals surface area contributed by atoms with E-state index in [0.717, 1.165) is 56.3 Å². The molecule has 0 fully saturated rings. The van der Waals surface area contributed by atoms with Crippen molar-refractivity contribution in [1.82, 2.24) is 0 Å². The number of benzene rings is 2. The molecule has 2 aromatic carbocycles. The van der Waals surface area contributed by atoms with Crippen molar-refractivity contribution >= 4 is 22.8 Å². The van der Waals surface area contributed by atoms with Gasteiger partial charge in [0.05, 0.1) is 22.8 Å². The molecular formula is C31H46N2Ni. The van der Waals surface area contributed by atoms with Crippen LogP contribution in [0.5, 0.6) is 0 Å². The molecule has 0 saturated carbocycles. The van der Waals surface area contributed by atoms with E-state index in [1.54, 1.807) is 0 Å². The maximum absolute atomic E-state index is 5.23. The van der Waals surface area contributed by atoms with Crippen molar-refractivity contribution in [2.75, 3.05) is 0 Å². The first kappa shape index (κ1) is 30.3. The van der Waals surface area contributed by atoms with Gasteiger partial charge in [-0.1, -0.05) is 72.9 Å². The van der Waals surface area contributed by atoms with Gasteiger partial charge < -0.3 is 0 Å².